The van der Waals surface area contributed by atoms with Gasteiger partial charge in [-0.05, 0) is 64.0 Å². The second-order valence-corrected chi connectivity index (χ2v) is 9.64. The topological polar surface area (TPSA) is 140 Å². The van der Waals surface area contributed by atoms with Gasteiger partial charge in [0.2, 0.25) is 10.0 Å². The van der Waals surface area contributed by atoms with Crippen molar-refractivity contribution < 1.29 is 27.4 Å². The van der Waals surface area contributed by atoms with Gasteiger partial charge >= 0.3 is 0 Å². The minimum absolute atomic E-state index is 0.0289. The number of primary sulfonamides is 1. The maximum absolute atomic E-state index is 11.8. The first-order valence-corrected chi connectivity index (χ1v) is 12.9. The number of hydrogen-bond donors (Lipinski definition) is 3. The SMILES string of the molecule is CCOc1cc(O)c(CN(c2nc3cc(S(N)(=O)=O)ccc3o2)C2CCNCC2)cc1OCC. The maximum Gasteiger partial charge on any atom is 0.298 e. The minimum atomic E-state index is -3.86. The molecule has 4 N–H and O–H groups in total. The van der Waals surface area contributed by atoms with Crippen molar-refractivity contribution in [2.24, 2.45) is 5.14 Å². The summed E-state index contributed by atoms with van der Waals surface area (Å²) in [7, 11) is -3.86. The highest BCUT2D eigenvalue weighted by Crippen LogP contribution is 2.37. The van der Waals surface area contributed by atoms with Crippen LogP contribution in [0.1, 0.15) is 32.3 Å². The molecule has 2 aromatic carbocycles. The van der Waals surface area contributed by atoms with E-state index in [1.807, 2.05) is 18.7 Å². The number of rotatable bonds is 9. The predicted octanol–water partition coefficient (Wildman–Crippen LogP) is 2.74. The van der Waals surface area contributed by atoms with E-state index >= 15 is 0 Å². The third-order valence-electron chi connectivity index (χ3n) is 5.76. The minimum Gasteiger partial charge on any atom is -0.507 e. The maximum atomic E-state index is 11.8. The second-order valence-electron chi connectivity index (χ2n) is 8.07. The highest BCUT2D eigenvalue weighted by molar-refractivity contribution is 7.89. The van der Waals surface area contributed by atoms with E-state index in [1.54, 1.807) is 18.2 Å². The number of nitrogens with zero attached hydrogens (tertiary/aromatic N) is 2. The summed E-state index contributed by atoms with van der Waals surface area (Å²) in [5, 5.41) is 19.4. The highest BCUT2D eigenvalue weighted by atomic mass is 32.2. The molecule has 1 aliphatic rings. The molecule has 3 aromatic rings. The van der Waals surface area contributed by atoms with Crippen LogP contribution >= 0.6 is 0 Å². The van der Waals surface area contributed by atoms with Crippen LogP contribution in [-0.4, -0.2) is 50.9 Å². The zero-order valence-electron chi connectivity index (χ0n) is 19.3. The number of oxazole rings is 1. The summed E-state index contributed by atoms with van der Waals surface area (Å²) in [6, 6.07) is 8.14. The molecule has 10 nitrogen and oxygen atoms in total. The predicted molar refractivity (Wildman–Crippen MR) is 128 cm³/mol. The summed E-state index contributed by atoms with van der Waals surface area (Å²) < 4.78 is 40.9. The first-order valence-electron chi connectivity index (χ1n) is 11.3. The number of phenols is 1. The van der Waals surface area contributed by atoms with Gasteiger partial charge in [0.1, 0.15) is 11.3 Å². The second kappa shape index (κ2) is 10.1. The molecular formula is C23H30N4O6S. The quantitative estimate of drug-likeness (QED) is 0.413. The van der Waals surface area contributed by atoms with Gasteiger partial charge in [0.05, 0.1) is 24.7 Å². The summed E-state index contributed by atoms with van der Waals surface area (Å²) in [6.45, 7) is 6.67. The molecule has 0 atom stereocenters. The van der Waals surface area contributed by atoms with Gasteiger partial charge in [-0.1, -0.05) is 0 Å². The molecule has 1 saturated heterocycles. The Morgan fingerprint density at radius 2 is 1.82 bits per heavy atom. The van der Waals surface area contributed by atoms with Crippen molar-refractivity contribution in [1.29, 1.82) is 0 Å². The normalized spacial score (nSPS) is 14.9. The first-order chi connectivity index (χ1) is 16.3. The number of aromatic hydroxyl groups is 1. The molecule has 34 heavy (non-hydrogen) atoms. The fourth-order valence-corrected chi connectivity index (χ4v) is 4.64. The van der Waals surface area contributed by atoms with E-state index in [-0.39, 0.29) is 16.7 Å². The van der Waals surface area contributed by atoms with Gasteiger partial charge in [0.25, 0.3) is 6.01 Å². The highest BCUT2D eigenvalue weighted by Gasteiger charge is 2.27. The average molecular weight is 491 g/mol. The van der Waals surface area contributed by atoms with Gasteiger partial charge in [-0.3, -0.25) is 0 Å². The van der Waals surface area contributed by atoms with Gasteiger partial charge < -0.3 is 29.2 Å². The molecule has 4 rings (SSSR count). The molecule has 0 radical (unpaired) electrons. The van der Waals surface area contributed by atoms with E-state index in [9.17, 15) is 13.5 Å². The lowest BCUT2D eigenvalue weighted by molar-refractivity contribution is 0.285. The smallest absolute Gasteiger partial charge is 0.298 e. The van der Waals surface area contributed by atoms with Gasteiger partial charge in [-0.25, -0.2) is 13.6 Å². The Labute approximate surface area is 198 Å². The molecule has 0 spiro atoms. The number of fused-ring (bicyclic) bond motifs is 1. The molecule has 2 heterocycles. The number of ether oxygens (including phenoxy) is 2. The van der Waals surface area contributed by atoms with Gasteiger partial charge in [-0.15, -0.1) is 0 Å². The number of hydrogen-bond acceptors (Lipinski definition) is 9. The van der Waals surface area contributed by atoms with Crippen molar-refractivity contribution in [2.45, 2.75) is 44.2 Å². The Morgan fingerprint density at radius 3 is 2.47 bits per heavy atom. The number of phenolic OH excluding ortho intramolecular Hbond substituents is 1. The summed E-state index contributed by atoms with van der Waals surface area (Å²) in [6.07, 6.45) is 1.72. The molecule has 0 aliphatic carbocycles. The van der Waals surface area contributed by atoms with E-state index in [0.29, 0.717) is 53.9 Å². The zero-order chi connectivity index (χ0) is 24.3. The van der Waals surface area contributed by atoms with Crippen LogP contribution in [0.2, 0.25) is 0 Å². The molecule has 0 amide bonds. The lowest BCUT2D eigenvalue weighted by Gasteiger charge is -2.33. The Balaban J connectivity index is 1.73. The summed E-state index contributed by atoms with van der Waals surface area (Å²) >= 11 is 0. The van der Waals surface area contributed by atoms with Crippen LogP contribution < -0.4 is 24.8 Å². The van der Waals surface area contributed by atoms with E-state index in [2.05, 4.69) is 10.3 Å². The van der Waals surface area contributed by atoms with Crippen LogP contribution in [0.15, 0.2) is 39.6 Å². The third kappa shape index (κ3) is 5.21. The molecular weight excluding hydrogens is 460 g/mol. The molecule has 1 fully saturated rings. The van der Waals surface area contributed by atoms with Crippen LogP contribution in [0.4, 0.5) is 6.01 Å². The molecule has 1 aromatic heterocycles. The number of sulfonamides is 1. The van der Waals surface area contributed by atoms with Gasteiger partial charge in [-0.2, -0.15) is 4.98 Å². The molecule has 0 bridgehead atoms. The zero-order valence-corrected chi connectivity index (χ0v) is 20.1. The van der Waals surface area contributed by atoms with Crippen LogP contribution in [0.5, 0.6) is 17.2 Å². The molecule has 184 valence electrons. The Bertz CT molecular complexity index is 1250. The molecule has 1 aliphatic heterocycles. The Hall–Kier alpha value is -3.02. The Kier molecular flexibility index (Phi) is 7.15. The summed E-state index contributed by atoms with van der Waals surface area (Å²) in [4.78, 5) is 6.55. The van der Waals surface area contributed by atoms with Crippen molar-refractivity contribution in [3.05, 3.63) is 35.9 Å². The van der Waals surface area contributed by atoms with Crippen LogP contribution in [-0.2, 0) is 16.6 Å². The molecule has 0 unspecified atom stereocenters. The van der Waals surface area contributed by atoms with Crippen LogP contribution in [0.3, 0.4) is 0 Å². The third-order valence-corrected chi connectivity index (χ3v) is 6.67. The number of piperidine rings is 1. The largest absolute Gasteiger partial charge is 0.507 e. The standard InChI is InChI=1S/C23H30N4O6S/c1-3-31-21-11-15(19(28)13-22(21)32-4-2)14-27(16-7-9-25-10-8-16)23-26-18-12-17(34(24,29)30)5-6-20(18)33-23/h5-6,11-13,16,25,28H,3-4,7-10,14H2,1-2H3,(H2,24,29,30). The number of anilines is 1. The van der Waals surface area contributed by atoms with Crippen LogP contribution in [0.25, 0.3) is 11.1 Å². The fraction of sp³-hybridized carbons (Fsp3) is 0.435. The van der Waals surface area contributed by atoms with E-state index < -0.39 is 10.0 Å². The van der Waals surface area contributed by atoms with E-state index in [0.717, 1.165) is 25.9 Å². The fourth-order valence-electron chi connectivity index (χ4n) is 4.10. The number of benzene rings is 2. The number of aromatic nitrogens is 1. The number of nitrogens with two attached hydrogens (primary N) is 1. The van der Waals surface area contributed by atoms with Crippen molar-refractivity contribution in [1.82, 2.24) is 10.3 Å². The molecule has 0 saturated carbocycles. The van der Waals surface area contributed by atoms with Crippen molar-refractivity contribution in [3.8, 4) is 17.2 Å². The summed E-state index contributed by atoms with van der Waals surface area (Å²) in [5.41, 5.74) is 1.48. The monoisotopic (exact) mass is 490 g/mol. The lowest BCUT2D eigenvalue weighted by atomic mass is 10.0. The van der Waals surface area contributed by atoms with E-state index in [4.69, 9.17) is 19.0 Å². The van der Waals surface area contributed by atoms with Crippen molar-refractivity contribution in [2.75, 3.05) is 31.2 Å². The van der Waals surface area contributed by atoms with Crippen molar-refractivity contribution in [3.63, 3.8) is 0 Å². The average Bonchev–Trinajstić information content (AvgIpc) is 3.23. The summed E-state index contributed by atoms with van der Waals surface area (Å²) in [5.74, 6) is 1.12. The first kappa shape index (κ1) is 24.1. The molecule has 11 heteroatoms. The van der Waals surface area contributed by atoms with Crippen molar-refractivity contribution >= 4 is 27.1 Å². The number of nitrogens with one attached hydrogen (secondary N) is 1. The van der Waals surface area contributed by atoms with Gasteiger partial charge in [0, 0.05) is 17.7 Å². The van der Waals surface area contributed by atoms with E-state index in [1.165, 1.54) is 12.1 Å². The van der Waals surface area contributed by atoms with Crippen LogP contribution in [0, 0.1) is 0 Å². The Morgan fingerprint density at radius 1 is 1.15 bits per heavy atom. The lowest BCUT2D eigenvalue weighted by Crippen LogP contribution is -2.43. The van der Waals surface area contributed by atoms with Gasteiger partial charge in [0.15, 0.2) is 17.1 Å².